The summed E-state index contributed by atoms with van der Waals surface area (Å²) in [5.41, 5.74) is 0.995. The molecule has 1 N–H and O–H groups in total. The Morgan fingerprint density at radius 2 is 2.31 bits per heavy atom. The number of benzene rings is 1. The molecule has 0 amide bonds. The summed E-state index contributed by atoms with van der Waals surface area (Å²) in [4.78, 5) is 15.2. The van der Waals surface area contributed by atoms with Crippen molar-refractivity contribution < 1.29 is 9.90 Å². The van der Waals surface area contributed by atoms with Crippen LogP contribution in [0.5, 0.6) is 0 Å². The second-order valence-corrected chi connectivity index (χ2v) is 3.20. The highest BCUT2D eigenvalue weighted by atomic mass is 32.2. The molecule has 0 spiro atoms. The van der Waals surface area contributed by atoms with E-state index in [1.54, 1.807) is 12.1 Å². The van der Waals surface area contributed by atoms with Crippen molar-refractivity contribution in [1.29, 1.82) is 0 Å². The summed E-state index contributed by atoms with van der Waals surface area (Å²) in [5, 5.41) is 8.71. The zero-order valence-corrected chi connectivity index (χ0v) is 7.97. The fourth-order valence-corrected chi connectivity index (χ4v) is 1.53. The van der Waals surface area contributed by atoms with E-state index in [4.69, 9.17) is 5.11 Å². The van der Waals surface area contributed by atoms with Gasteiger partial charge in [-0.2, -0.15) is 0 Å². The molecule has 0 aromatic heterocycles. The number of carboxylic acid groups (broad SMARTS) is 1. The van der Waals surface area contributed by atoms with Crippen LogP contribution in [0.15, 0.2) is 28.1 Å². The van der Waals surface area contributed by atoms with Crippen LogP contribution in [0, 0.1) is 0 Å². The van der Waals surface area contributed by atoms with Crippen molar-refractivity contribution in [3.05, 3.63) is 23.8 Å². The first kappa shape index (κ1) is 9.80. The van der Waals surface area contributed by atoms with E-state index in [9.17, 15) is 4.79 Å². The third-order valence-corrected chi connectivity index (χ3v) is 2.36. The molecular formula is C9H9NO2S. The molecule has 1 aromatic carbocycles. The number of hydrogen-bond donors (Lipinski definition) is 1. The van der Waals surface area contributed by atoms with Crippen molar-refractivity contribution in [2.24, 2.45) is 4.99 Å². The van der Waals surface area contributed by atoms with Gasteiger partial charge in [0.2, 0.25) is 0 Å². The van der Waals surface area contributed by atoms with Crippen LogP contribution >= 0.6 is 11.8 Å². The lowest BCUT2D eigenvalue weighted by molar-refractivity contribution is 0.0696. The third kappa shape index (κ3) is 2.09. The van der Waals surface area contributed by atoms with Gasteiger partial charge in [0.05, 0.1) is 11.3 Å². The van der Waals surface area contributed by atoms with Gasteiger partial charge < -0.3 is 5.11 Å². The lowest BCUT2D eigenvalue weighted by Crippen LogP contribution is -1.95. The predicted octanol–water partition coefficient (Wildman–Crippen LogP) is 2.44. The highest BCUT2D eigenvalue weighted by molar-refractivity contribution is 7.98. The van der Waals surface area contributed by atoms with Gasteiger partial charge in [0.1, 0.15) is 0 Å². The predicted molar refractivity (Wildman–Crippen MR) is 54.4 cm³/mol. The van der Waals surface area contributed by atoms with Crippen LogP contribution < -0.4 is 0 Å². The molecule has 0 radical (unpaired) electrons. The molecule has 0 saturated carbocycles. The lowest BCUT2D eigenvalue weighted by Gasteiger charge is -2.02. The minimum absolute atomic E-state index is 0.275. The number of rotatable bonds is 3. The van der Waals surface area contributed by atoms with Gasteiger partial charge in [0, 0.05) is 4.90 Å². The number of aromatic carboxylic acids is 1. The Morgan fingerprint density at radius 1 is 1.62 bits per heavy atom. The van der Waals surface area contributed by atoms with Crippen molar-refractivity contribution in [2.75, 3.05) is 6.26 Å². The van der Waals surface area contributed by atoms with Crippen LogP contribution in [0.2, 0.25) is 0 Å². The molecule has 0 aliphatic heterocycles. The molecule has 0 heterocycles. The molecule has 0 saturated heterocycles. The van der Waals surface area contributed by atoms with Gasteiger partial charge in [-0.25, -0.2) is 4.79 Å². The summed E-state index contributed by atoms with van der Waals surface area (Å²) in [6.07, 6.45) is 1.87. The van der Waals surface area contributed by atoms with E-state index in [1.807, 2.05) is 6.26 Å². The smallest absolute Gasteiger partial charge is 0.335 e. The van der Waals surface area contributed by atoms with E-state index in [1.165, 1.54) is 17.8 Å². The quantitative estimate of drug-likeness (QED) is 0.595. The molecule has 4 heteroatoms. The number of carbonyl (C=O) groups is 1. The van der Waals surface area contributed by atoms with Gasteiger partial charge in [-0.3, -0.25) is 4.99 Å². The SMILES string of the molecule is C=Nc1ccc(C(=O)O)cc1SC. The van der Waals surface area contributed by atoms with Gasteiger partial charge in [-0.05, 0) is 31.2 Å². The highest BCUT2D eigenvalue weighted by Crippen LogP contribution is 2.28. The van der Waals surface area contributed by atoms with Crippen LogP contribution in [0.4, 0.5) is 5.69 Å². The van der Waals surface area contributed by atoms with Crippen LogP contribution in [0.25, 0.3) is 0 Å². The second kappa shape index (κ2) is 4.09. The van der Waals surface area contributed by atoms with Gasteiger partial charge in [-0.1, -0.05) is 0 Å². The summed E-state index contributed by atoms with van der Waals surface area (Å²) in [5.74, 6) is -0.925. The number of hydrogen-bond acceptors (Lipinski definition) is 3. The summed E-state index contributed by atoms with van der Waals surface area (Å²) in [7, 11) is 0. The molecule has 0 atom stereocenters. The molecule has 0 aliphatic carbocycles. The Hall–Kier alpha value is -1.29. The molecule has 1 aromatic rings. The van der Waals surface area contributed by atoms with E-state index >= 15 is 0 Å². The molecule has 13 heavy (non-hydrogen) atoms. The van der Waals surface area contributed by atoms with Crippen molar-refractivity contribution in [1.82, 2.24) is 0 Å². The molecule has 0 bridgehead atoms. The van der Waals surface area contributed by atoms with Crippen molar-refractivity contribution in [2.45, 2.75) is 4.90 Å². The Morgan fingerprint density at radius 3 is 2.77 bits per heavy atom. The number of nitrogens with zero attached hydrogens (tertiary/aromatic N) is 1. The molecule has 0 fully saturated rings. The van der Waals surface area contributed by atoms with E-state index in [0.717, 1.165) is 10.6 Å². The van der Waals surface area contributed by atoms with Crippen molar-refractivity contribution >= 4 is 30.1 Å². The van der Waals surface area contributed by atoms with E-state index < -0.39 is 5.97 Å². The topological polar surface area (TPSA) is 49.7 Å². The number of carboxylic acids is 1. The van der Waals surface area contributed by atoms with Gasteiger partial charge >= 0.3 is 5.97 Å². The van der Waals surface area contributed by atoms with Crippen molar-refractivity contribution in [3.8, 4) is 0 Å². The van der Waals surface area contributed by atoms with Gasteiger partial charge in [-0.15, -0.1) is 11.8 Å². The Bertz CT molecular complexity index is 349. The van der Waals surface area contributed by atoms with Crippen LogP contribution in [0.3, 0.4) is 0 Å². The minimum Gasteiger partial charge on any atom is -0.478 e. The largest absolute Gasteiger partial charge is 0.478 e. The molecule has 0 aliphatic rings. The maximum atomic E-state index is 10.6. The van der Waals surface area contributed by atoms with Crippen LogP contribution in [-0.2, 0) is 0 Å². The van der Waals surface area contributed by atoms with Crippen LogP contribution in [0.1, 0.15) is 10.4 Å². The van der Waals surface area contributed by atoms with Gasteiger partial charge in [0.25, 0.3) is 0 Å². The maximum absolute atomic E-state index is 10.6. The summed E-state index contributed by atoms with van der Waals surface area (Å²) < 4.78 is 0. The van der Waals surface area contributed by atoms with E-state index in [2.05, 4.69) is 11.7 Å². The van der Waals surface area contributed by atoms with Gasteiger partial charge in [0.15, 0.2) is 0 Å². The molecule has 3 nitrogen and oxygen atoms in total. The second-order valence-electron chi connectivity index (χ2n) is 2.35. The molecule has 68 valence electrons. The maximum Gasteiger partial charge on any atom is 0.335 e. The normalized spacial score (nSPS) is 9.62. The van der Waals surface area contributed by atoms with Crippen molar-refractivity contribution in [3.63, 3.8) is 0 Å². The average molecular weight is 195 g/mol. The standard InChI is InChI=1S/C9H9NO2S/c1-10-7-4-3-6(9(11)12)5-8(7)13-2/h3-5H,1H2,2H3,(H,11,12). The zero-order chi connectivity index (χ0) is 9.84. The number of aliphatic imine (C=N–C) groups is 1. The van der Waals surface area contributed by atoms with E-state index in [0.29, 0.717) is 0 Å². The monoisotopic (exact) mass is 195 g/mol. The summed E-state index contributed by atoms with van der Waals surface area (Å²) in [6, 6.07) is 4.77. The first-order valence-corrected chi connectivity index (χ1v) is 4.79. The minimum atomic E-state index is -0.925. The fourth-order valence-electron chi connectivity index (χ4n) is 0.941. The Balaban J connectivity index is 3.20. The number of thioether (sulfide) groups is 1. The van der Waals surface area contributed by atoms with E-state index in [-0.39, 0.29) is 5.56 Å². The Labute approximate surface area is 80.5 Å². The Kier molecular flexibility index (Phi) is 3.08. The summed E-state index contributed by atoms with van der Waals surface area (Å²) in [6.45, 7) is 3.40. The van der Waals surface area contributed by atoms with Crippen LogP contribution in [-0.4, -0.2) is 24.0 Å². The highest BCUT2D eigenvalue weighted by Gasteiger charge is 2.06. The fraction of sp³-hybridized carbons (Fsp3) is 0.111. The third-order valence-electron chi connectivity index (χ3n) is 1.60. The first-order chi connectivity index (χ1) is 6.19. The average Bonchev–Trinajstić information content (AvgIpc) is 2.16. The first-order valence-electron chi connectivity index (χ1n) is 3.57. The molecule has 1 rings (SSSR count). The zero-order valence-electron chi connectivity index (χ0n) is 7.15. The summed E-state index contributed by atoms with van der Waals surface area (Å²) >= 11 is 1.45. The molecular weight excluding hydrogens is 186 g/mol. The lowest BCUT2D eigenvalue weighted by atomic mass is 10.2. The molecule has 0 unspecified atom stereocenters.